The Labute approximate surface area is 120 Å². The van der Waals surface area contributed by atoms with E-state index in [1.807, 2.05) is 16.9 Å². The molecule has 106 valence electrons. The Hall–Kier alpha value is -1.65. The first kappa shape index (κ1) is 13.3. The number of rotatable bonds is 3. The van der Waals surface area contributed by atoms with Gasteiger partial charge in [0.1, 0.15) is 0 Å². The topological polar surface area (TPSA) is 33.1 Å². The maximum atomic E-state index is 4.25. The number of hydrogen-bond donors (Lipinski definition) is 1. The Morgan fingerprint density at radius 2 is 1.85 bits per heavy atom. The van der Waals surface area contributed by atoms with Gasteiger partial charge in [0.05, 0.1) is 5.69 Å². The van der Waals surface area contributed by atoms with Crippen LogP contribution in [0.3, 0.4) is 0 Å². The number of aromatic nitrogens is 2. The molecule has 1 saturated heterocycles. The van der Waals surface area contributed by atoms with Crippen LogP contribution >= 0.6 is 0 Å². The van der Waals surface area contributed by atoms with Crippen LogP contribution in [0.25, 0.3) is 5.69 Å². The van der Waals surface area contributed by atoms with Crippen LogP contribution in [-0.2, 0) is 6.54 Å². The van der Waals surface area contributed by atoms with Crippen LogP contribution in [0.15, 0.2) is 42.7 Å². The standard InChI is InChI=1S/C16H22N4/c1-13-10-17-11-14(2)19(13)12-15-4-6-16(7-5-15)20-9-3-8-18-20/h3-9,13-14,17H,10-12H2,1-2H3. The summed E-state index contributed by atoms with van der Waals surface area (Å²) in [7, 11) is 0. The van der Waals surface area contributed by atoms with Crippen molar-refractivity contribution in [2.24, 2.45) is 0 Å². The Balaban J connectivity index is 1.71. The van der Waals surface area contributed by atoms with E-state index in [0.29, 0.717) is 12.1 Å². The third-order valence-electron chi connectivity index (χ3n) is 4.08. The summed E-state index contributed by atoms with van der Waals surface area (Å²) >= 11 is 0. The summed E-state index contributed by atoms with van der Waals surface area (Å²) in [5.41, 5.74) is 2.47. The fraction of sp³-hybridized carbons (Fsp3) is 0.438. The highest BCUT2D eigenvalue weighted by Gasteiger charge is 2.24. The lowest BCUT2D eigenvalue weighted by atomic mass is 10.1. The second-order valence-corrected chi connectivity index (χ2v) is 5.65. The molecule has 0 amide bonds. The van der Waals surface area contributed by atoms with Crippen LogP contribution in [0.4, 0.5) is 0 Å². The summed E-state index contributed by atoms with van der Waals surface area (Å²) in [5, 5.41) is 7.73. The molecule has 1 aromatic heterocycles. The molecule has 1 fully saturated rings. The van der Waals surface area contributed by atoms with Crippen LogP contribution in [0.5, 0.6) is 0 Å². The quantitative estimate of drug-likeness (QED) is 0.926. The summed E-state index contributed by atoms with van der Waals surface area (Å²) < 4.78 is 1.89. The number of nitrogens with one attached hydrogen (secondary N) is 1. The number of benzene rings is 1. The number of piperazine rings is 1. The van der Waals surface area contributed by atoms with Crippen LogP contribution in [0.2, 0.25) is 0 Å². The molecule has 0 radical (unpaired) electrons. The zero-order valence-electron chi connectivity index (χ0n) is 12.2. The summed E-state index contributed by atoms with van der Waals surface area (Å²) in [6.45, 7) is 7.76. The van der Waals surface area contributed by atoms with Gasteiger partial charge >= 0.3 is 0 Å². The fourth-order valence-electron chi connectivity index (χ4n) is 2.87. The van der Waals surface area contributed by atoms with Gasteiger partial charge in [-0.2, -0.15) is 5.10 Å². The third-order valence-corrected chi connectivity index (χ3v) is 4.08. The maximum Gasteiger partial charge on any atom is 0.0645 e. The van der Waals surface area contributed by atoms with Gasteiger partial charge in [-0.05, 0) is 37.6 Å². The van der Waals surface area contributed by atoms with Gasteiger partial charge in [0.2, 0.25) is 0 Å². The van der Waals surface area contributed by atoms with E-state index < -0.39 is 0 Å². The number of nitrogens with zero attached hydrogens (tertiary/aromatic N) is 3. The van der Waals surface area contributed by atoms with E-state index in [0.717, 1.165) is 25.3 Å². The molecule has 0 bridgehead atoms. The molecule has 4 nitrogen and oxygen atoms in total. The van der Waals surface area contributed by atoms with Crippen molar-refractivity contribution in [2.75, 3.05) is 13.1 Å². The largest absolute Gasteiger partial charge is 0.314 e. The lowest BCUT2D eigenvalue weighted by Gasteiger charge is -2.39. The monoisotopic (exact) mass is 270 g/mol. The minimum absolute atomic E-state index is 0.588. The highest BCUT2D eigenvalue weighted by molar-refractivity contribution is 5.33. The summed E-state index contributed by atoms with van der Waals surface area (Å²) in [6, 6.07) is 11.8. The van der Waals surface area contributed by atoms with Gasteiger partial charge in [0, 0.05) is 44.1 Å². The normalized spacial score (nSPS) is 23.9. The zero-order chi connectivity index (χ0) is 13.9. The van der Waals surface area contributed by atoms with Gasteiger partial charge in [0.15, 0.2) is 0 Å². The molecule has 1 aromatic carbocycles. The van der Waals surface area contributed by atoms with Crippen molar-refractivity contribution in [1.82, 2.24) is 20.0 Å². The molecule has 4 heteroatoms. The van der Waals surface area contributed by atoms with E-state index in [-0.39, 0.29) is 0 Å². The highest BCUT2D eigenvalue weighted by Crippen LogP contribution is 2.16. The molecular formula is C16H22N4. The van der Waals surface area contributed by atoms with E-state index in [9.17, 15) is 0 Å². The molecule has 1 aliphatic rings. The second kappa shape index (κ2) is 5.77. The van der Waals surface area contributed by atoms with Gasteiger partial charge in [-0.1, -0.05) is 12.1 Å². The van der Waals surface area contributed by atoms with E-state index in [2.05, 4.69) is 53.4 Å². The van der Waals surface area contributed by atoms with E-state index in [4.69, 9.17) is 0 Å². The van der Waals surface area contributed by atoms with Gasteiger partial charge < -0.3 is 5.32 Å². The molecule has 2 atom stereocenters. The second-order valence-electron chi connectivity index (χ2n) is 5.65. The molecule has 2 unspecified atom stereocenters. The van der Waals surface area contributed by atoms with Crippen LogP contribution in [0.1, 0.15) is 19.4 Å². The molecule has 1 N–H and O–H groups in total. The number of hydrogen-bond acceptors (Lipinski definition) is 3. The molecule has 3 rings (SSSR count). The van der Waals surface area contributed by atoms with Crippen LogP contribution in [0, 0.1) is 0 Å². The van der Waals surface area contributed by atoms with Crippen molar-refractivity contribution in [3.8, 4) is 5.69 Å². The first-order chi connectivity index (χ1) is 9.74. The fourth-order valence-corrected chi connectivity index (χ4v) is 2.87. The van der Waals surface area contributed by atoms with E-state index in [1.54, 1.807) is 6.20 Å². The molecule has 2 aromatic rings. The average molecular weight is 270 g/mol. The van der Waals surface area contributed by atoms with Crippen molar-refractivity contribution in [3.63, 3.8) is 0 Å². The predicted molar refractivity (Wildman–Crippen MR) is 80.9 cm³/mol. The summed E-state index contributed by atoms with van der Waals surface area (Å²) in [6.07, 6.45) is 3.77. The SMILES string of the molecule is CC1CNCC(C)N1Cc1ccc(-n2cccn2)cc1. The highest BCUT2D eigenvalue weighted by atomic mass is 15.3. The van der Waals surface area contributed by atoms with Crippen LogP contribution < -0.4 is 5.32 Å². The Kier molecular flexibility index (Phi) is 3.85. The van der Waals surface area contributed by atoms with E-state index in [1.165, 1.54) is 5.56 Å². The summed E-state index contributed by atoms with van der Waals surface area (Å²) in [4.78, 5) is 2.57. The van der Waals surface area contributed by atoms with Crippen LogP contribution in [-0.4, -0.2) is 39.9 Å². The Morgan fingerprint density at radius 1 is 1.15 bits per heavy atom. The summed E-state index contributed by atoms with van der Waals surface area (Å²) in [5.74, 6) is 0. The van der Waals surface area contributed by atoms with Crippen molar-refractivity contribution in [2.45, 2.75) is 32.5 Å². The van der Waals surface area contributed by atoms with Crippen molar-refractivity contribution >= 4 is 0 Å². The Morgan fingerprint density at radius 3 is 2.45 bits per heavy atom. The Bertz CT molecular complexity index is 522. The molecule has 0 saturated carbocycles. The minimum Gasteiger partial charge on any atom is -0.314 e. The lowest BCUT2D eigenvalue weighted by Crippen LogP contribution is -2.54. The zero-order valence-corrected chi connectivity index (χ0v) is 12.2. The molecular weight excluding hydrogens is 248 g/mol. The molecule has 1 aliphatic heterocycles. The molecule has 0 spiro atoms. The lowest BCUT2D eigenvalue weighted by molar-refractivity contribution is 0.109. The molecule has 0 aliphatic carbocycles. The van der Waals surface area contributed by atoms with Gasteiger partial charge in [-0.25, -0.2) is 4.68 Å². The predicted octanol–water partition coefficient (Wildman–Crippen LogP) is 2.05. The van der Waals surface area contributed by atoms with Crippen molar-refractivity contribution in [1.29, 1.82) is 0 Å². The van der Waals surface area contributed by atoms with Gasteiger partial charge in [-0.15, -0.1) is 0 Å². The van der Waals surface area contributed by atoms with Crippen molar-refractivity contribution < 1.29 is 0 Å². The molecule has 2 heterocycles. The minimum atomic E-state index is 0.588. The maximum absolute atomic E-state index is 4.25. The van der Waals surface area contributed by atoms with Gasteiger partial charge in [0.25, 0.3) is 0 Å². The molecule has 20 heavy (non-hydrogen) atoms. The average Bonchev–Trinajstić information content (AvgIpc) is 2.98. The first-order valence-electron chi connectivity index (χ1n) is 7.29. The van der Waals surface area contributed by atoms with Crippen molar-refractivity contribution in [3.05, 3.63) is 48.3 Å². The third kappa shape index (κ3) is 2.76. The first-order valence-corrected chi connectivity index (χ1v) is 7.29. The van der Waals surface area contributed by atoms with Gasteiger partial charge in [-0.3, -0.25) is 4.90 Å². The smallest absolute Gasteiger partial charge is 0.0645 e. The van der Waals surface area contributed by atoms with E-state index >= 15 is 0 Å².